The van der Waals surface area contributed by atoms with Crippen LogP contribution in [0.25, 0.3) is 0 Å². The van der Waals surface area contributed by atoms with Gasteiger partial charge in [0.1, 0.15) is 28.7 Å². The number of phenols is 1. The summed E-state index contributed by atoms with van der Waals surface area (Å²) in [6.45, 7) is 0. The number of benzene rings is 4. The van der Waals surface area contributed by atoms with Gasteiger partial charge in [-0.05, 0) is 54.6 Å². The first-order chi connectivity index (χ1) is 16.4. The highest BCUT2D eigenvalue weighted by atomic mass is 35.5. The van der Waals surface area contributed by atoms with Gasteiger partial charge in [0, 0.05) is 16.7 Å². The summed E-state index contributed by atoms with van der Waals surface area (Å²) in [5.74, 6) is 0.688. The first-order valence-electron chi connectivity index (χ1n) is 9.97. The number of aromatic hydroxyl groups is 1. The van der Waals surface area contributed by atoms with Crippen molar-refractivity contribution >= 4 is 28.9 Å². The number of hydrogen-bond donors (Lipinski definition) is 2. The van der Waals surface area contributed by atoms with Gasteiger partial charge in [-0.1, -0.05) is 29.8 Å². The monoisotopic (exact) mass is 476 g/mol. The van der Waals surface area contributed by atoms with Gasteiger partial charge in [0.05, 0.1) is 22.7 Å². The van der Waals surface area contributed by atoms with E-state index in [1.165, 1.54) is 36.4 Å². The molecule has 8 nitrogen and oxygen atoms in total. The molecule has 0 saturated carbocycles. The number of carbonyl (C=O) groups is 1. The van der Waals surface area contributed by atoms with Gasteiger partial charge in [-0.2, -0.15) is 0 Å². The van der Waals surface area contributed by atoms with E-state index in [0.29, 0.717) is 22.1 Å². The maximum absolute atomic E-state index is 12.4. The SMILES string of the molecule is O=C(Nc1ccccc1O)c1ccc(Oc2cc(Oc3cccc(Cl)c3)cc([N+](=O)[O-])c2)cc1. The molecule has 0 fully saturated rings. The van der Waals surface area contributed by atoms with Crippen LogP contribution < -0.4 is 14.8 Å². The number of nitrogens with zero attached hydrogens (tertiary/aromatic N) is 1. The van der Waals surface area contributed by atoms with Crippen LogP contribution in [-0.4, -0.2) is 15.9 Å². The molecule has 2 N–H and O–H groups in total. The molecule has 0 aliphatic heterocycles. The predicted octanol–water partition coefficient (Wildman–Crippen LogP) is 6.79. The number of anilines is 1. The molecular formula is C25H17ClN2O6. The summed E-state index contributed by atoms with van der Waals surface area (Å²) in [6, 6.07) is 23.2. The van der Waals surface area contributed by atoms with Gasteiger partial charge in [-0.3, -0.25) is 14.9 Å². The second kappa shape index (κ2) is 9.93. The van der Waals surface area contributed by atoms with Gasteiger partial charge < -0.3 is 19.9 Å². The Kier molecular flexibility index (Phi) is 6.61. The fourth-order valence-corrected chi connectivity index (χ4v) is 3.21. The minimum absolute atomic E-state index is 0.0442. The summed E-state index contributed by atoms with van der Waals surface area (Å²) in [5, 5.41) is 24.3. The first kappa shape index (κ1) is 22.6. The van der Waals surface area contributed by atoms with Gasteiger partial charge in [0.25, 0.3) is 11.6 Å². The summed E-state index contributed by atoms with van der Waals surface area (Å²) in [5.41, 5.74) is 0.407. The molecule has 1 amide bonds. The smallest absolute Gasteiger partial charge is 0.276 e. The quantitative estimate of drug-likeness (QED) is 0.172. The average molecular weight is 477 g/mol. The molecular weight excluding hydrogens is 460 g/mol. The number of carbonyl (C=O) groups excluding carboxylic acids is 1. The third-order valence-electron chi connectivity index (χ3n) is 4.61. The van der Waals surface area contributed by atoms with Crippen molar-refractivity contribution in [2.24, 2.45) is 0 Å². The van der Waals surface area contributed by atoms with Gasteiger partial charge in [0.2, 0.25) is 0 Å². The zero-order valence-corrected chi connectivity index (χ0v) is 18.2. The lowest BCUT2D eigenvalue weighted by Gasteiger charge is -2.11. The molecule has 4 aromatic carbocycles. The van der Waals surface area contributed by atoms with E-state index < -0.39 is 10.8 Å². The van der Waals surface area contributed by atoms with Crippen LogP contribution in [0.1, 0.15) is 10.4 Å². The van der Waals surface area contributed by atoms with Gasteiger partial charge in [-0.25, -0.2) is 0 Å². The van der Waals surface area contributed by atoms with Crippen LogP contribution in [0, 0.1) is 10.1 Å². The van der Waals surface area contributed by atoms with E-state index in [4.69, 9.17) is 21.1 Å². The molecule has 0 atom stereocenters. The molecule has 170 valence electrons. The lowest BCUT2D eigenvalue weighted by Crippen LogP contribution is -2.11. The minimum Gasteiger partial charge on any atom is -0.506 e. The molecule has 0 unspecified atom stereocenters. The van der Waals surface area contributed by atoms with E-state index in [0.717, 1.165) is 0 Å². The molecule has 0 aliphatic rings. The average Bonchev–Trinajstić information content (AvgIpc) is 2.81. The number of amides is 1. The standard InChI is InChI=1S/C25H17ClN2O6/c26-17-4-3-5-20(12-17)34-22-14-18(28(31)32)13-21(15-22)33-19-10-8-16(9-11-19)25(30)27-23-6-1-2-7-24(23)29/h1-15,29H,(H,27,30). The maximum Gasteiger partial charge on any atom is 0.276 e. The highest BCUT2D eigenvalue weighted by Crippen LogP contribution is 2.34. The van der Waals surface area contributed by atoms with Crippen molar-refractivity contribution < 1.29 is 24.3 Å². The third kappa shape index (κ3) is 5.62. The number of nitro groups is 1. The second-order valence-corrected chi connectivity index (χ2v) is 7.51. The van der Waals surface area contributed by atoms with Crippen LogP contribution in [0.2, 0.25) is 5.02 Å². The predicted molar refractivity (Wildman–Crippen MR) is 127 cm³/mol. The largest absolute Gasteiger partial charge is 0.506 e. The number of rotatable bonds is 7. The van der Waals surface area contributed by atoms with E-state index in [1.807, 2.05) is 0 Å². The summed E-state index contributed by atoms with van der Waals surface area (Å²) in [6.07, 6.45) is 0. The van der Waals surface area contributed by atoms with Crippen molar-refractivity contribution in [3.63, 3.8) is 0 Å². The Morgan fingerprint density at radius 1 is 0.824 bits per heavy atom. The van der Waals surface area contributed by atoms with Crippen molar-refractivity contribution in [3.05, 3.63) is 112 Å². The molecule has 4 rings (SSSR count). The zero-order valence-electron chi connectivity index (χ0n) is 17.5. The normalized spacial score (nSPS) is 10.4. The van der Waals surface area contributed by atoms with Crippen LogP contribution in [0.5, 0.6) is 28.7 Å². The molecule has 0 aliphatic carbocycles. The van der Waals surface area contributed by atoms with Crippen LogP contribution >= 0.6 is 11.6 Å². The minimum atomic E-state index is -0.551. The molecule has 0 heterocycles. The van der Waals surface area contributed by atoms with E-state index in [9.17, 15) is 20.0 Å². The number of hydrogen-bond acceptors (Lipinski definition) is 6. The molecule has 0 aromatic heterocycles. The zero-order chi connectivity index (χ0) is 24.1. The molecule has 9 heteroatoms. The van der Waals surface area contributed by atoms with Crippen molar-refractivity contribution in [3.8, 4) is 28.7 Å². The topological polar surface area (TPSA) is 111 Å². The molecule has 0 radical (unpaired) electrons. The van der Waals surface area contributed by atoms with Gasteiger partial charge in [-0.15, -0.1) is 0 Å². The Bertz CT molecular complexity index is 1360. The van der Waals surface area contributed by atoms with Crippen LogP contribution in [0.15, 0.2) is 91.0 Å². The molecule has 0 saturated heterocycles. The number of nitro benzene ring substituents is 1. The van der Waals surface area contributed by atoms with Crippen molar-refractivity contribution in [1.82, 2.24) is 0 Å². The summed E-state index contributed by atoms with van der Waals surface area (Å²) < 4.78 is 11.5. The molecule has 0 spiro atoms. The Morgan fingerprint density at radius 3 is 2.15 bits per heavy atom. The maximum atomic E-state index is 12.4. The van der Waals surface area contributed by atoms with E-state index >= 15 is 0 Å². The number of para-hydroxylation sites is 2. The van der Waals surface area contributed by atoms with Crippen LogP contribution in [0.4, 0.5) is 11.4 Å². The van der Waals surface area contributed by atoms with Crippen molar-refractivity contribution in [2.45, 2.75) is 0 Å². The van der Waals surface area contributed by atoms with Gasteiger partial charge >= 0.3 is 0 Å². The number of halogens is 1. The number of non-ortho nitro benzene ring substituents is 1. The molecule has 34 heavy (non-hydrogen) atoms. The Morgan fingerprint density at radius 2 is 1.50 bits per heavy atom. The first-order valence-corrected chi connectivity index (χ1v) is 10.4. The lowest BCUT2D eigenvalue weighted by atomic mass is 10.2. The highest BCUT2D eigenvalue weighted by Gasteiger charge is 2.14. The van der Waals surface area contributed by atoms with E-state index in [2.05, 4.69) is 5.32 Å². The van der Waals surface area contributed by atoms with Gasteiger partial charge in [0.15, 0.2) is 0 Å². The summed E-state index contributed by atoms with van der Waals surface area (Å²) >= 11 is 5.97. The Labute approximate surface area is 199 Å². The van der Waals surface area contributed by atoms with E-state index in [-0.39, 0.29) is 28.6 Å². The van der Waals surface area contributed by atoms with Crippen molar-refractivity contribution in [2.75, 3.05) is 5.32 Å². The van der Waals surface area contributed by atoms with Crippen molar-refractivity contribution in [1.29, 1.82) is 0 Å². The second-order valence-electron chi connectivity index (χ2n) is 7.08. The molecule has 4 aromatic rings. The third-order valence-corrected chi connectivity index (χ3v) is 4.85. The summed E-state index contributed by atoms with van der Waals surface area (Å²) in [4.78, 5) is 23.3. The highest BCUT2D eigenvalue weighted by molar-refractivity contribution is 6.30. The fraction of sp³-hybridized carbons (Fsp3) is 0. The molecule has 0 bridgehead atoms. The fourth-order valence-electron chi connectivity index (χ4n) is 3.03. The number of nitrogens with one attached hydrogen (secondary N) is 1. The lowest BCUT2D eigenvalue weighted by molar-refractivity contribution is -0.385. The number of phenolic OH excluding ortho intramolecular Hbond substituents is 1. The van der Waals surface area contributed by atoms with Crippen LogP contribution in [0.3, 0.4) is 0 Å². The summed E-state index contributed by atoms with van der Waals surface area (Å²) in [7, 11) is 0. The number of ether oxygens (including phenoxy) is 2. The Hall–Kier alpha value is -4.56. The Balaban J connectivity index is 1.51. The van der Waals surface area contributed by atoms with Crippen LogP contribution in [-0.2, 0) is 0 Å². The van der Waals surface area contributed by atoms with E-state index in [1.54, 1.807) is 54.6 Å².